The monoisotopic (exact) mass is 264 g/mol. The molecule has 5 heteroatoms. The van der Waals surface area contributed by atoms with Gasteiger partial charge in [-0.15, -0.1) is 0 Å². The fourth-order valence-electron chi connectivity index (χ4n) is 1.52. The molecule has 1 aromatic rings. The highest BCUT2D eigenvalue weighted by molar-refractivity contribution is 5.94. The van der Waals surface area contributed by atoms with Crippen molar-refractivity contribution in [1.82, 2.24) is 10.2 Å². The number of amides is 2. The van der Waals surface area contributed by atoms with Gasteiger partial charge in [0.25, 0.3) is 5.91 Å². The van der Waals surface area contributed by atoms with Gasteiger partial charge in [0.15, 0.2) is 0 Å². The minimum Gasteiger partial charge on any atom is -0.394 e. The molecule has 0 aliphatic heterocycles. The highest BCUT2D eigenvalue weighted by Crippen LogP contribution is 2.00. The maximum Gasteiger partial charge on any atom is 0.251 e. The van der Waals surface area contributed by atoms with E-state index in [0.717, 1.165) is 0 Å². The average Bonchev–Trinajstić information content (AvgIpc) is 2.46. The van der Waals surface area contributed by atoms with Crippen molar-refractivity contribution in [2.24, 2.45) is 0 Å². The van der Waals surface area contributed by atoms with Crippen molar-refractivity contribution in [2.45, 2.75) is 19.4 Å². The second-order valence-corrected chi connectivity index (χ2v) is 4.41. The van der Waals surface area contributed by atoms with Crippen LogP contribution in [0, 0.1) is 0 Å². The molecule has 1 rings (SSSR count). The average molecular weight is 264 g/mol. The van der Waals surface area contributed by atoms with Crippen molar-refractivity contribution in [3.05, 3.63) is 35.9 Å². The number of rotatable bonds is 6. The van der Waals surface area contributed by atoms with Crippen molar-refractivity contribution in [2.75, 3.05) is 20.2 Å². The molecular weight excluding hydrogens is 244 g/mol. The quantitative estimate of drug-likeness (QED) is 0.792. The van der Waals surface area contributed by atoms with E-state index in [0.29, 0.717) is 5.56 Å². The van der Waals surface area contributed by atoms with Gasteiger partial charge in [0.1, 0.15) is 0 Å². The lowest BCUT2D eigenvalue weighted by Gasteiger charge is -2.23. The summed E-state index contributed by atoms with van der Waals surface area (Å²) in [6, 6.07) is 8.64. The molecule has 2 amide bonds. The number of aliphatic hydroxyl groups excluding tert-OH is 1. The van der Waals surface area contributed by atoms with Gasteiger partial charge in [-0.1, -0.05) is 18.2 Å². The summed E-state index contributed by atoms with van der Waals surface area (Å²) < 4.78 is 0. The Labute approximate surface area is 113 Å². The first kappa shape index (κ1) is 15.2. The molecule has 1 unspecified atom stereocenters. The summed E-state index contributed by atoms with van der Waals surface area (Å²) in [4.78, 5) is 24.9. The summed E-state index contributed by atoms with van der Waals surface area (Å²) in [5.74, 6) is -0.291. The van der Waals surface area contributed by atoms with Gasteiger partial charge in [0.2, 0.25) is 5.91 Å². The molecular formula is C14H20N2O3. The zero-order chi connectivity index (χ0) is 14.3. The van der Waals surface area contributed by atoms with Gasteiger partial charge in [0.05, 0.1) is 12.6 Å². The Morgan fingerprint density at radius 2 is 1.95 bits per heavy atom. The van der Waals surface area contributed by atoms with E-state index in [4.69, 9.17) is 5.11 Å². The van der Waals surface area contributed by atoms with Crippen molar-refractivity contribution in [3.8, 4) is 0 Å². The molecule has 0 radical (unpaired) electrons. The number of aliphatic hydroxyl groups is 1. The van der Waals surface area contributed by atoms with Crippen LogP contribution in [0.5, 0.6) is 0 Å². The SMILES string of the molecule is CC(CO)N(C)C(=O)CCNC(=O)c1ccccc1. The number of carbonyl (C=O) groups is 2. The van der Waals surface area contributed by atoms with Crippen LogP contribution in [0.1, 0.15) is 23.7 Å². The molecule has 1 aromatic carbocycles. The second kappa shape index (κ2) is 7.53. The van der Waals surface area contributed by atoms with E-state index in [1.165, 1.54) is 4.90 Å². The van der Waals surface area contributed by atoms with Crippen LogP contribution in [0.25, 0.3) is 0 Å². The van der Waals surface area contributed by atoms with Crippen LogP contribution in [0.4, 0.5) is 0 Å². The lowest BCUT2D eigenvalue weighted by atomic mass is 10.2. The van der Waals surface area contributed by atoms with Crippen molar-refractivity contribution < 1.29 is 14.7 Å². The number of hydrogen-bond acceptors (Lipinski definition) is 3. The summed E-state index contributed by atoms with van der Waals surface area (Å²) >= 11 is 0. The molecule has 2 N–H and O–H groups in total. The standard InChI is InChI=1S/C14H20N2O3/c1-11(10-17)16(2)13(18)8-9-15-14(19)12-6-4-3-5-7-12/h3-7,11,17H,8-10H2,1-2H3,(H,15,19). The molecule has 0 aromatic heterocycles. The van der Waals surface area contributed by atoms with E-state index in [2.05, 4.69) is 5.32 Å². The van der Waals surface area contributed by atoms with E-state index in [1.54, 1.807) is 38.2 Å². The molecule has 0 saturated carbocycles. The second-order valence-electron chi connectivity index (χ2n) is 4.41. The molecule has 19 heavy (non-hydrogen) atoms. The van der Waals surface area contributed by atoms with Crippen LogP contribution in [-0.4, -0.2) is 48.1 Å². The van der Waals surface area contributed by atoms with Crippen molar-refractivity contribution in [1.29, 1.82) is 0 Å². The summed E-state index contributed by atoms with van der Waals surface area (Å²) in [7, 11) is 1.64. The molecule has 0 saturated heterocycles. The van der Waals surface area contributed by atoms with Gasteiger partial charge in [-0.2, -0.15) is 0 Å². The lowest BCUT2D eigenvalue weighted by molar-refractivity contribution is -0.132. The molecule has 104 valence electrons. The van der Waals surface area contributed by atoms with Crippen LogP contribution in [0.2, 0.25) is 0 Å². The summed E-state index contributed by atoms with van der Waals surface area (Å²) in [6.07, 6.45) is 0.222. The number of benzene rings is 1. The van der Waals surface area contributed by atoms with E-state index >= 15 is 0 Å². The number of carbonyl (C=O) groups excluding carboxylic acids is 2. The normalized spacial score (nSPS) is 11.7. The lowest BCUT2D eigenvalue weighted by Crippen LogP contribution is -2.39. The van der Waals surface area contributed by atoms with Crippen molar-refractivity contribution >= 4 is 11.8 Å². The third-order valence-corrected chi connectivity index (χ3v) is 2.98. The predicted molar refractivity (Wildman–Crippen MR) is 72.7 cm³/mol. The first-order valence-electron chi connectivity index (χ1n) is 6.26. The first-order valence-corrected chi connectivity index (χ1v) is 6.26. The Morgan fingerprint density at radius 1 is 1.32 bits per heavy atom. The topological polar surface area (TPSA) is 69.6 Å². The highest BCUT2D eigenvalue weighted by Gasteiger charge is 2.14. The van der Waals surface area contributed by atoms with E-state index in [1.807, 2.05) is 6.07 Å². The Hall–Kier alpha value is -1.88. The Kier molecular flexibility index (Phi) is 6.02. The fourth-order valence-corrected chi connectivity index (χ4v) is 1.52. The van der Waals surface area contributed by atoms with Gasteiger partial charge in [-0.05, 0) is 19.1 Å². The maximum absolute atomic E-state index is 11.7. The summed E-state index contributed by atoms with van der Waals surface area (Å²) in [5.41, 5.74) is 0.576. The van der Waals surface area contributed by atoms with E-state index < -0.39 is 0 Å². The van der Waals surface area contributed by atoms with Gasteiger partial charge in [0, 0.05) is 25.6 Å². The van der Waals surface area contributed by atoms with Crippen LogP contribution in [-0.2, 0) is 4.79 Å². The molecule has 0 bridgehead atoms. The Morgan fingerprint density at radius 3 is 2.53 bits per heavy atom. The number of nitrogens with zero attached hydrogens (tertiary/aromatic N) is 1. The summed E-state index contributed by atoms with van der Waals surface area (Å²) in [5, 5.41) is 11.6. The minimum absolute atomic E-state index is 0.0708. The third-order valence-electron chi connectivity index (χ3n) is 2.98. The maximum atomic E-state index is 11.7. The molecule has 0 fully saturated rings. The smallest absolute Gasteiger partial charge is 0.251 e. The van der Waals surface area contributed by atoms with Gasteiger partial charge < -0.3 is 15.3 Å². The van der Waals surface area contributed by atoms with Crippen LogP contribution in [0.3, 0.4) is 0 Å². The van der Waals surface area contributed by atoms with Gasteiger partial charge in [-0.3, -0.25) is 9.59 Å². The highest BCUT2D eigenvalue weighted by atomic mass is 16.3. The fraction of sp³-hybridized carbons (Fsp3) is 0.429. The van der Waals surface area contributed by atoms with Crippen LogP contribution in [0.15, 0.2) is 30.3 Å². The number of hydrogen-bond donors (Lipinski definition) is 2. The summed E-state index contributed by atoms with van der Waals surface area (Å²) in [6.45, 7) is 1.98. The molecule has 0 aliphatic rings. The van der Waals surface area contributed by atoms with Crippen LogP contribution < -0.4 is 5.32 Å². The zero-order valence-corrected chi connectivity index (χ0v) is 11.3. The van der Waals surface area contributed by atoms with E-state index in [-0.39, 0.29) is 37.4 Å². The molecule has 0 spiro atoms. The van der Waals surface area contributed by atoms with Crippen molar-refractivity contribution in [3.63, 3.8) is 0 Å². The molecule has 0 aliphatic carbocycles. The van der Waals surface area contributed by atoms with E-state index in [9.17, 15) is 9.59 Å². The third kappa shape index (κ3) is 4.71. The Balaban J connectivity index is 2.35. The number of likely N-dealkylation sites (N-methyl/N-ethyl adjacent to an activating group) is 1. The first-order chi connectivity index (χ1) is 9.06. The number of nitrogens with one attached hydrogen (secondary N) is 1. The molecule has 0 heterocycles. The zero-order valence-electron chi connectivity index (χ0n) is 11.3. The predicted octanol–water partition coefficient (Wildman–Crippen LogP) is 0.646. The molecule has 5 nitrogen and oxygen atoms in total. The van der Waals surface area contributed by atoms with Gasteiger partial charge >= 0.3 is 0 Å². The van der Waals surface area contributed by atoms with Crippen LogP contribution >= 0.6 is 0 Å². The Bertz CT molecular complexity index is 420. The molecule has 1 atom stereocenters. The largest absolute Gasteiger partial charge is 0.394 e. The minimum atomic E-state index is -0.211. The van der Waals surface area contributed by atoms with Gasteiger partial charge in [-0.25, -0.2) is 0 Å².